The molecular formula is C22H19Br2NO3S. The minimum absolute atomic E-state index is 0.115. The lowest BCUT2D eigenvalue weighted by atomic mass is 9.98. The van der Waals surface area contributed by atoms with Gasteiger partial charge in [-0.2, -0.15) is 4.72 Å². The molecule has 0 fully saturated rings. The van der Waals surface area contributed by atoms with Gasteiger partial charge >= 0.3 is 0 Å². The molecular weight excluding hydrogens is 518 g/mol. The molecule has 150 valence electrons. The van der Waals surface area contributed by atoms with Crippen molar-refractivity contribution in [3.63, 3.8) is 0 Å². The smallest absolute Gasteiger partial charge is 0.241 e. The molecule has 0 saturated carbocycles. The van der Waals surface area contributed by atoms with Crippen LogP contribution in [0.4, 0.5) is 0 Å². The average Bonchev–Trinajstić information content (AvgIpc) is 2.72. The van der Waals surface area contributed by atoms with E-state index in [0.717, 1.165) is 15.6 Å². The molecule has 2 atom stereocenters. The van der Waals surface area contributed by atoms with Crippen molar-refractivity contribution in [2.45, 2.75) is 22.7 Å². The van der Waals surface area contributed by atoms with E-state index in [-0.39, 0.29) is 10.7 Å². The van der Waals surface area contributed by atoms with E-state index in [1.165, 1.54) is 12.1 Å². The van der Waals surface area contributed by atoms with Gasteiger partial charge in [0.05, 0.1) is 9.72 Å². The van der Waals surface area contributed by atoms with Crippen LogP contribution in [0.3, 0.4) is 0 Å². The molecule has 3 aromatic rings. The third-order valence-electron chi connectivity index (χ3n) is 4.44. The lowest BCUT2D eigenvalue weighted by molar-refractivity contribution is 0.0952. The zero-order valence-electron chi connectivity index (χ0n) is 15.5. The number of rotatable bonds is 7. The molecule has 0 amide bonds. The molecule has 7 heteroatoms. The van der Waals surface area contributed by atoms with Gasteiger partial charge in [-0.25, -0.2) is 8.42 Å². The van der Waals surface area contributed by atoms with E-state index in [2.05, 4.69) is 36.6 Å². The van der Waals surface area contributed by atoms with Crippen molar-refractivity contribution < 1.29 is 13.2 Å². The van der Waals surface area contributed by atoms with Crippen molar-refractivity contribution in [3.8, 4) is 0 Å². The number of carbonyl (C=O) groups excluding carboxylic acids is 1. The molecule has 0 aliphatic rings. The van der Waals surface area contributed by atoms with Crippen LogP contribution in [-0.2, 0) is 10.0 Å². The van der Waals surface area contributed by atoms with Crippen molar-refractivity contribution in [1.82, 2.24) is 4.72 Å². The number of sulfonamides is 1. The first-order valence-electron chi connectivity index (χ1n) is 8.86. The van der Waals surface area contributed by atoms with Crippen LogP contribution in [0, 0.1) is 6.92 Å². The molecule has 0 radical (unpaired) electrons. The molecule has 0 aliphatic heterocycles. The maximum Gasteiger partial charge on any atom is 0.241 e. The van der Waals surface area contributed by atoms with Crippen LogP contribution in [-0.4, -0.2) is 20.2 Å². The zero-order chi connectivity index (χ0) is 21.0. The van der Waals surface area contributed by atoms with Crippen molar-refractivity contribution >= 4 is 47.7 Å². The molecule has 3 aromatic carbocycles. The van der Waals surface area contributed by atoms with Crippen LogP contribution in [0.15, 0.2) is 88.2 Å². The second-order valence-corrected chi connectivity index (χ2v) is 10.2. The fourth-order valence-corrected chi connectivity index (χ4v) is 5.14. The van der Waals surface area contributed by atoms with Crippen molar-refractivity contribution in [3.05, 3.63) is 100 Å². The summed E-state index contributed by atoms with van der Waals surface area (Å²) in [6.45, 7) is 1.88. The minimum atomic E-state index is -3.90. The summed E-state index contributed by atoms with van der Waals surface area (Å²) >= 11 is 6.94. The first-order chi connectivity index (χ1) is 13.8. The summed E-state index contributed by atoms with van der Waals surface area (Å²) in [5.41, 5.74) is 2.17. The number of halogens is 2. The molecule has 1 N–H and O–H groups in total. The second-order valence-electron chi connectivity index (χ2n) is 6.60. The van der Waals surface area contributed by atoms with Crippen LogP contribution < -0.4 is 4.72 Å². The van der Waals surface area contributed by atoms with E-state index in [1.54, 1.807) is 36.4 Å². The molecule has 0 aromatic heterocycles. The minimum Gasteiger partial charge on any atom is -0.292 e. The zero-order valence-corrected chi connectivity index (χ0v) is 19.5. The third kappa shape index (κ3) is 5.42. The van der Waals surface area contributed by atoms with Gasteiger partial charge in [0.1, 0.15) is 6.04 Å². The highest BCUT2D eigenvalue weighted by molar-refractivity contribution is 9.10. The van der Waals surface area contributed by atoms with Gasteiger partial charge in [0.15, 0.2) is 5.78 Å². The Labute approximate surface area is 187 Å². The molecule has 0 spiro atoms. The Kier molecular flexibility index (Phi) is 7.05. The van der Waals surface area contributed by atoms with Crippen molar-refractivity contribution in [1.29, 1.82) is 0 Å². The molecule has 4 nitrogen and oxygen atoms in total. The van der Waals surface area contributed by atoms with Gasteiger partial charge in [0, 0.05) is 10.0 Å². The number of benzene rings is 3. The Morgan fingerprint density at radius 2 is 1.48 bits per heavy atom. The molecule has 29 heavy (non-hydrogen) atoms. The van der Waals surface area contributed by atoms with Gasteiger partial charge in [0.25, 0.3) is 0 Å². The maximum atomic E-state index is 13.2. The Morgan fingerprint density at radius 3 is 2.07 bits per heavy atom. The van der Waals surface area contributed by atoms with Gasteiger partial charge in [-0.05, 0) is 36.8 Å². The van der Waals surface area contributed by atoms with Crippen LogP contribution in [0.5, 0.6) is 0 Å². The van der Waals surface area contributed by atoms with Crippen molar-refractivity contribution in [2.75, 3.05) is 0 Å². The Morgan fingerprint density at radius 1 is 0.897 bits per heavy atom. The average molecular weight is 537 g/mol. The first kappa shape index (κ1) is 21.9. The Bertz CT molecular complexity index is 1080. The lowest BCUT2D eigenvalue weighted by Gasteiger charge is -2.23. The van der Waals surface area contributed by atoms with Crippen LogP contribution in [0.1, 0.15) is 26.3 Å². The lowest BCUT2D eigenvalue weighted by Crippen LogP contribution is -2.43. The number of hydrogen-bond donors (Lipinski definition) is 1. The third-order valence-corrected chi connectivity index (χ3v) is 7.48. The van der Waals surface area contributed by atoms with E-state index in [9.17, 15) is 13.2 Å². The summed E-state index contributed by atoms with van der Waals surface area (Å²) < 4.78 is 29.5. The molecule has 0 saturated heterocycles. The molecule has 0 aliphatic carbocycles. The number of hydrogen-bond acceptors (Lipinski definition) is 3. The standard InChI is InChI=1S/C22H19Br2NO3S/c1-15-7-13-19(14-8-15)29(27,28)25-21(22(26)17-5-3-2-4-6-17)20(24)16-9-11-18(23)12-10-16/h2-14,20-21,25H,1H3. The summed E-state index contributed by atoms with van der Waals surface area (Å²) in [6.07, 6.45) is 0. The highest BCUT2D eigenvalue weighted by Gasteiger charge is 2.33. The van der Waals surface area contributed by atoms with E-state index < -0.39 is 20.9 Å². The van der Waals surface area contributed by atoms with Crippen LogP contribution >= 0.6 is 31.9 Å². The normalized spacial score (nSPS) is 13.6. The van der Waals surface area contributed by atoms with Gasteiger partial charge in [0.2, 0.25) is 10.0 Å². The number of Topliss-reactive ketones (excluding diaryl/α,β-unsaturated/α-hetero) is 1. The molecule has 3 rings (SSSR count). The second kappa shape index (κ2) is 9.34. The number of aryl methyl sites for hydroxylation is 1. The molecule has 2 unspecified atom stereocenters. The van der Waals surface area contributed by atoms with E-state index in [4.69, 9.17) is 0 Å². The summed E-state index contributed by atoms with van der Waals surface area (Å²) in [7, 11) is -3.90. The Balaban J connectivity index is 1.99. The summed E-state index contributed by atoms with van der Waals surface area (Å²) in [6, 6.07) is 21.5. The van der Waals surface area contributed by atoms with Gasteiger partial charge in [-0.1, -0.05) is 92.0 Å². The predicted molar refractivity (Wildman–Crippen MR) is 122 cm³/mol. The largest absolute Gasteiger partial charge is 0.292 e. The van der Waals surface area contributed by atoms with E-state index >= 15 is 0 Å². The monoisotopic (exact) mass is 535 g/mol. The fourth-order valence-electron chi connectivity index (χ4n) is 2.82. The predicted octanol–water partition coefficient (Wildman–Crippen LogP) is 5.42. The Hall–Kier alpha value is -1.80. The fraction of sp³-hybridized carbons (Fsp3) is 0.136. The SMILES string of the molecule is Cc1ccc(S(=O)(=O)NC(C(=O)c2ccccc2)C(Br)c2ccc(Br)cc2)cc1. The van der Waals surface area contributed by atoms with Gasteiger partial charge in [-0.3, -0.25) is 4.79 Å². The number of carbonyl (C=O) groups is 1. The summed E-state index contributed by atoms with van der Waals surface area (Å²) in [4.78, 5) is 12.8. The molecule has 0 heterocycles. The topological polar surface area (TPSA) is 63.2 Å². The molecule has 0 bridgehead atoms. The van der Waals surface area contributed by atoms with Crippen molar-refractivity contribution in [2.24, 2.45) is 0 Å². The van der Waals surface area contributed by atoms with Gasteiger partial charge < -0.3 is 0 Å². The quantitative estimate of drug-likeness (QED) is 0.324. The highest BCUT2D eigenvalue weighted by atomic mass is 79.9. The van der Waals surface area contributed by atoms with Crippen LogP contribution in [0.25, 0.3) is 0 Å². The first-order valence-corrected chi connectivity index (χ1v) is 12.0. The number of alkyl halides is 1. The summed E-state index contributed by atoms with van der Waals surface area (Å²) in [5.74, 6) is -0.314. The van der Waals surface area contributed by atoms with E-state index in [1.807, 2.05) is 37.3 Å². The van der Waals surface area contributed by atoms with E-state index in [0.29, 0.717) is 5.56 Å². The van der Waals surface area contributed by atoms with Crippen LogP contribution in [0.2, 0.25) is 0 Å². The number of nitrogens with one attached hydrogen (secondary N) is 1. The number of ketones is 1. The van der Waals surface area contributed by atoms with Gasteiger partial charge in [-0.15, -0.1) is 0 Å². The highest BCUT2D eigenvalue weighted by Crippen LogP contribution is 2.30. The summed E-state index contributed by atoms with van der Waals surface area (Å²) in [5, 5.41) is 0. The maximum absolute atomic E-state index is 13.2.